The van der Waals surface area contributed by atoms with E-state index in [2.05, 4.69) is 58.4 Å². The highest BCUT2D eigenvalue weighted by atomic mass is 16.1. The fraction of sp³-hybridized carbons (Fsp3) is 0.276. The zero-order chi connectivity index (χ0) is 23.2. The van der Waals surface area contributed by atoms with E-state index in [1.165, 1.54) is 42.4 Å². The van der Waals surface area contributed by atoms with E-state index in [1.807, 2.05) is 12.1 Å². The molecule has 2 fully saturated rings. The smallest absolute Gasteiger partial charge is 0.252 e. The molecule has 0 aliphatic heterocycles. The number of benzene rings is 2. The van der Waals surface area contributed by atoms with Gasteiger partial charge in [-0.3, -0.25) is 4.79 Å². The zero-order valence-corrected chi connectivity index (χ0v) is 19.2. The number of nitrogens with zero attached hydrogens (tertiary/aromatic N) is 4. The average molecular weight is 447 g/mol. The summed E-state index contributed by atoms with van der Waals surface area (Å²) < 4.78 is 1.61. The van der Waals surface area contributed by atoms with Gasteiger partial charge in [0, 0.05) is 25.3 Å². The van der Waals surface area contributed by atoms with E-state index in [1.54, 1.807) is 23.7 Å². The van der Waals surface area contributed by atoms with Gasteiger partial charge in [0.1, 0.15) is 17.3 Å². The normalized spacial score (nSPS) is 15.3. The van der Waals surface area contributed by atoms with E-state index in [0.717, 1.165) is 23.4 Å². The quantitative estimate of drug-likeness (QED) is 0.370. The summed E-state index contributed by atoms with van der Waals surface area (Å²) in [6, 6.07) is 24.6. The van der Waals surface area contributed by atoms with Crippen molar-refractivity contribution in [1.82, 2.24) is 9.55 Å². The average Bonchev–Trinajstić information content (AvgIpc) is 3.80. The molecular weight excluding hydrogens is 420 g/mol. The van der Waals surface area contributed by atoms with Gasteiger partial charge < -0.3 is 9.47 Å². The van der Waals surface area contributed by atoms with Crippen LogP contribution in [0, 0.1) is 17.2 Å². The summed E-state index contributed by atoms with van der Waals surface area (Å²) in [5.41, 5.74) is 7.43. The molecule has 0 amide bonds. The standard InChI is InChI=1S/C29H26N4O/c1-32-26-14-11-22(17-30)31-29(26)27(16-28(32)34)33(18-19-7-8-19)23-12-13-24(21-9-10-21)25(15-23)20-5-3-2-4-6-20/h2-6,11-16,19,21H,7-10,18H2,1H3. The van der Waals surface area contributed by atoms with Gasteiger partial charge in [0.05, 0.1) is 11.2 Å². The van der Waals surface area contributed by atoms with Gasteiger partial charge in [0.2, 0.25) is 0 Å². The Morgan fingerprint density at radius 2 is 1.82 bits per heavy atom. The molecule has 4 aromatic rings. The summed E-state index contributed by atoms with van der Waals surface area (Å²) in [5.74, 6) is 1.23. The van der Waals surface area contributed by atoms with Crippen molar-refractivity contribution in [1.29, 1.82) is 5.26 Å². The summed E-state index contributed by atoms with van der Waals surface area (Å²) >= 11 is 0. The second kappa shape index (κ2) is 8.14. The number of fused-ring (bicyclic) bond motifs is 1. The van der Waals surface area contributed by atoms with Gasteiger partial charge in [-0.25, -0.2) is 4.98 Å². The Morgan fingerprint density at radius 3 is 2.53 bits per heavy atom. The van der Waals surface area contributed by atoms with Gasteiger partial charge in [-0.05, 0) is 78.5 Å². The summed E-state index contributed by atoms with van der Waals surface area (Å²) in [4.78, 5) is 19.8. The van der Waals surface area contributed by atoms with Crippen LogP contribution in [0.2, 0.25) is 0 Å². The molecular formula is C29H26N4O. The van der Waals surface area contributed by atoms with Crippen LogP contribution < -0.4 is 10.5 Å². The maximum absolute atomic E-state index is 12.9. The first-order chi connectivity index (χ1) is 16.6. The lowest BCUT2D eigenvalue weighted by Crippen LogP contribution is -2.25. The van der Waals surface area contributed by atoms with E-state index in [9.17, 15) is 10.1 Å². The first-order valence-electron chi connectivity index (χ1n) is 12.0. The summed E-state index contributed by atoms with van der Waals surface area (Å²) in [7, 11) is 1.76. The molecule has 5 heteroatoms. The van der Waals surface area contributed by atoms with Gasteiger partial charge in [0.15, 0.2) is 0 Å². The lowest BCUT2D eigenvalue weighted by atomic mass is 9.95. The molecule has 2 aliphatic rings. The van der Waals surface area contributed by atoms with Gasteiger partial charge >= 0.3 is 0 Å². The van der Waals surface area contributed by atoms with E-state index in [4.69, 9.17) is 0 Å². The van der Waals surface area contributed by atoms with Crippen molar-refractivity contribution in [2.24, 2.45) is 13.0 Å². The molecule has 0 saturated heterocycles. The molecule has 2 aliphatic carbocycles. The van der Waals surface area contributed by atoms with Crippen molar-refractivity contribution in [3.05, 3.63) is 88.3 Å². The van der Waals surface area contributed by atoms with Crippen molar-refractivity contribution in [2.45, 2.75) is 31.6 Å². The Labute approximate surface area is 198 Å². The van der Waals surface area contributed by atoms with Crippen LogP contribution in [0.1, 0.15) is 42.9 Å². The largest absolute Gasteiger partial charge is 0.339 e. The number of anilines is 2. The van der Waals surface area contributed by atoms with E-state index in [-0.39, 0.29) is 5.56 Å². The third kappa shape index (κ3) is 3.76. The van der Waals surface area contributed by atoms with Gasteiger partial charge in [-0.1, -0.05) is 36.4 Å². The Morgan fingerprint density at radius 1 is 1.03 bits per heavy atom. The van der Waals surface area contributed by atoms with Crippen LogP contribution in [0.15, 0.2) is 71.5 Å². The lowest BCUT2D eigenvalue weighted by Gasteiger charge is -2.27. The molecule has 2 heterocycles. The predicted octanol–water partition coefficient (Wildman–Crippen LogP) is 5.90. The molecule has 2 aromatic heterocycles. The van der Waals surface area contributed by atoms with Crippen molar-refractivity contribution in [2.75, 3.05) is 11.4 Å². The molecule has 2 saturated carbocycles. The summed E-state index contributed by atoms with van der Waals surface area (Å²) in [5, 5.41) is 9.48. The maximum atomic E-state index is 12.9. The number of aryl methyl sites for hydroxylation is 1. The number of hydrogen-bond donors (Lipinski definition) is 0. The topological polar surface area (TPSA) is 61.9 Å². The van der Waals surface area contributed by atoms with E-state index < -0.39 is 0 Å². The predicted molar refractivity (Wildman–Crippen MR) is 135 cm³/mol. The van der Waals surface area contributed by atoms with Gasteiger partial charge in [-0.15, -0.1) is 0 Å². The monoisotopic (exact) mass is 446 g/mol. The molecule has 0 unspecified atom stereocenters. The molecule has 6 rings (SSSR count). The molecule has 168 valence electrons. The van der Waals surface area contributed by atoms with Crippen molar-refractivity contribution >= 4 is 22.4 Å². The Bertz CT molecular complexity index is 1490. The fourth-order valence-electron chi connectivity index (χ4n) is 4.81. The Kier molecular flexibility index (Phi) is 4.95. The third-order valence-corrected chi connectivity index (χ3v) is 7.06. The van der Waals surface area contributed by atoms with Crippen LogP contribution in [0.5, 0.6) is 0 Å². The zero-order valence-electron chi connectivity index (χ0n) is 19.2. The first kappa shape index (κ1) is 20.7. The molecule has 0 N–H and O–H groups in total. The number of aromatic nitrogens is 2. The van der Waals surface area contributed by atoms with Crippen molar-refractivity contribution in [3.8, 4) is 17.2 Å². The van der Waals surface area contributed by atoms with Gasteiger partial charge in [0.25, 0.3) is 5.56 Å². The number of pyridine rings is 2. The van der Waals surface area contributed by atoms with Crippen molar-refractivity contribution < 1.29 is 0 Å². The molecule has 0 radical (unpaired) electrons. The highest BCUT2D eigenvalue weighted by Crippen LogP contribution is 2.46. The molecule has 5 nitrogen and oxygen atoms in total. The number of hydrogen-bond acceptors (Lipinski definition) is 4. The van der Waals surface area contributed by atoms with Crippen LogP contribution in [0.4, 0.5) is 11.4 Å². The lowest BCUT2D eigenvalue weighted by molar-refractivity contribution is 0.810. The van der Waals surface area contributed by atoms with E-state index in [0.29, 0.717) is 23.0 Å². The minimum absolute atomic E-state index is 0.0762. The number of nitriles is 1. The van der Waals surface area contributed by atoms with Crippen LogP contribution in [0.25, 0.3) is 22.2 Å². The second-order valence-electron chi connectivity index (χ2n) is 9.57. The molecule has 0 bridgehead atoms. The van der Waals surface area contributed by atoms with Crippen LogP contribution in [-0.2, 0) is 7.05 Å². The maximum Gasteiger partial charge on any atom is 0.252 e. The van der Waals surface area contributed by atoms with E-state index >= 15 is 0 Å². The van der Waals surface area contributed by atoms with Gasteiger partial charge in [-0.2, -0.15) is 5.26 Å². The molecule has 34 heavy (non-hydrogen) atoms. The highest BCUT2D eigenvalue weighted by Gasteiger charge is 2.30. The summed E-state index contributed by atoms with van der Waals surface area (Å²) in [6.07, 6.45) is 4.88. The molecule has 2 aromatic carbocycles. The van der Waals surface area contributed by atoms with Crippen LogP contribution in [-0.4, -0.2) is 16.1 Å². The van der Waals surface area contributed by atoms with Crippen LogP contribution in [0.3, 0.4) is 0 Å². The Balaban J connectivity index is 1.56. The molecule has 0 atom stereocenters. The summed E-state index contributed by atoms with van der Waals surface area (Å²) in [6.45, 7) is 0.831. The fourth-order valence-corrected chi connectivity index (χ4v) is 4.81. The SMILES string of the molecule is Cn1c(=O)cc(N(CC2CC2)c2ccc(C3CC3)c(-c3ccccc3)c2)c2nc(C#N)ccc21. The first-order valence-corrected chi connectivity index (χ1v) is 12.0. The highest BCUT2D eigenvalue weighted by molar-refractivity contribution is 5.91. The van der Waals surface area contributed by atoms with Crippen molar-refractivity contribution in [3.63, 3.8) is 0 Å². The molecule has 0 spiro atoms. The second-order valence-corrected chi connectivity index (χ2v) is 9.57. The minimum atomic E-state index is -0.0762. The Hall–Kier alpha value is -3.91. The van der Waals surface area contributed by atoms with Crippen LogP contribution >= 0.6 is 0 Å². The minimum Gasteiger partial charge on any atom is -0.339 e. The third-order valence-electron chi connectivity index (χ3n) is 7.06. The number of rotatable bonds is 6.